The van der Waals surface area contributed by atoms with Crippen LogP contribution in [-0.4, -0.2) is 0 Å². The van der Waals surface area contributed by atoms with Crippen LogP contribution in [0, 0.1) is 11.8 Å². The molecule has 0 amide bonds. The van der Waals surface area contributed by atoms with Crippen LogP contribution in [0.1, 0.15) is 134 Å². The van der Waals surface area contributed by atoms with E-state index in [0.717, 1.165) is 24.7 Å². The van der Waals surface area contributed by atoms with Gasteiger partial charge in [-0.15, -0.1) is 0 Å². The Morgan fingerprint density at radius 2 is 1.43 bits per heavy atom. The number of rotatable bonds is 16. The van der Waals surface area contributed by atoms with Gasteiger partial charge in [0.2, 0.25) is 0 Å². The minimum atomic E-state index is 0.823. The Labute approximate surface area is 229 Å². The maximum atomic E-state index is 2.51. The highest BCUT2D eigenvalue weighted by atomic mass is 14.2. The molecule has 0 N–H and O–H groups in total. The zero-order valence-corrected chi connectivity index (χ0v) is 25.0. The van der Waals surface area contributed by atoms with E-state index in [1.165, 1.54) is 115 Å². The molecule has 0 radical (unpaired) electrons. The maximum Gasteiger partial charge on any atom is -0.00131 e. The van der Waals surface area contributed by atoms with Gasteiger partial charge in [-0.25, -0.2) is 0 Å². The van der Waals surface area contributed by atoms with E-state index in [2.05, 4.69) is 90.1 Å². The van der Waals surface area contributed by atoms with Crippen molar-refractivity contribution in [1.82, 2.24) is 0 Å². The average molecular weight is 499 g/mol. The predicted octanol–water partition coefficient (Wildman–Crippen LogP) is 11.8. The first-order chi connectivity index (χ1) is 18.0. The fourth-order valence-corrected chi connectivity index (χ4v) is 6.09. The molecule has 0 aliphatic heterocycles. The maximum absolute atomic E-state index is 2.51. The average Bonchev–Trinajstić information content (AvgIpc) is 3.29. The molecular formula is C37H54. The first kappa shape index (κ1) is 29.5. The second kappa shape index (κ2) is 15.4. The third-order valence-corrected chi connectivity index (χ3v) is 8.88. The fourth-order valence-electron chi connectivity index (χ4n) is 6.09. The van der Waals surface area contributed by atoms with Crippen molar-refractivity contribution in [2.24, 2.45) is 11.8 Å². The lowest BCUT2D eigenvalue weighted by atomic mass is 9.90. The molecular weight excluding hydrogens is 444 g/mol. The zero-order valence-electron chi connectivity index (χ0n) is 25.0. The second-order valence-electron chi connectivity index (χ2n) is 11.6. The summed E-state index contributed by atoms with van der Waals surface area (Å²) in [5.74, 6) is 1.70. The van der Waals surface area contributed by atoms with Crippen molar-refractivity contribution >= 4 is 5.57 Å². The number of unbranched alkanes of at least 4 members (excludes halogenated alkanes) is 2. The molecule has 2 atom stereocenters. The van der Waals surface area contributed by atoms with Crippen molar-refractivity contribution in [1.29, 1.82) is 0 Å². The first-order valence-corrected chi connectivity index (χ1v) is 15.7. The molecule has 0 saturated carbocycles. The highest BCUT2D eigenvalue weighted by Gasteiger charge is 2.20. The van der Waals surface area contributed by atoms with Gasteiger partial charge in [0.1, 0.15) is 0 Å². The normalized spacial score (nSPS) is 15.0. The van der Waals surface area contributed by atoms with Gasteiger partial charge in [-0.05, 0) is 89.8 Å². The number of benzene rings is 2. The third kappa shape index (κ3) is 8.20. The number of fused-ring (bicyclic) bond motifs is 3. The molecule has 202 valence electrons. The van der Waals surface area contributed by atoms with Crippen LogP contribution in [0.25, 0.3) is 16.7 Å². The molecule has 2 aromatic rings. The smallest absolute Gasteiger partial charge is 0.00131 e. The van der Waals surface area contributed by atoms with Gasteiger partial charge in [-0.3, -0.25) is 0 Å². The van der Waals surface area contributed by atoms with E-state index in [9.17, 15) is 0 Å². The van der Waals surface area contributed by atoms with Crippen LogP contribution < -0.4 is 0 Å². The van der Waals surface area contributed by atoms with E-state index in [1.807, 2.05) is 0 Å². The third-order valence-electron chi connectivity index (χ3n) is 8.88. The summed E-state index contributed by atoms with van der Waals surface area (Å²) in [6.45, 7) is 13.9. The largest absolute Gasteiger partial charge is 0.0839 e. The van der Waals surface area contributed by atoms with Crippen LogP contribution in [-0.2, 0) is 12.8 Å². The van der Waals surface area contributed by atoms with Gasteiger partial charge < -0.3 is 0 Å². The number of allylic oxidation sites excluding steroid dienone is 4. The molecule has 0 saturated heterocycles. The lowest BCUT2D eigenvalue weighted by Gasteiger charge is -2.15. The number of hydrogen-bond donors (Lipinski definition) is 0. The van der Waals surface area contributed by atoms with Crippen molar-refractivity contribution in [2.75, 3.05) is 0 Å². The molecule has 0 bridgehead atoms. The molecule has 37 heavy (non-hydrogen) atoms. The predicted molar refractivity (Wildman–Crippen MR) is 166 cm³/mol. The molecule has 0 aromatic heterocycles. The van der Waals surface area contributed by atoms with Gasteiger partial charge >= 0.3 is 0 Å². The van der Waals surface area contributed by atoms with Crippen molar-refractivity contribution in [3.05, 3.63) is 76.4 Å². The van der Waals surface area contributed by atoms with Crippen molar-refractivity contribution < 1.29 is 0 Å². The molecule has 1 aliphatic carbocycles. The Hall–Kier alpha value is -2.08. The molecule has 0 fully saturated rings. The van der Waals surface area contributed by atoms with E-state index in [0.29, 0.717) is 0 Å². The molecule has 0 nitrogen and oxygen atoms in total. The summed E-state index contributed by atoms with van der Waals surface area (Å²) in [5.41, 5.74) is 11.8. The van der Waals surface area contributed by atoms with E-state index < -0.39 is 0 Å². The molecule has 0 heteroatoms. The zero-order chi connectivity index (χ0) is 26.6. The Balaban J connectivity index is 1.73. The Morgan fingerprint density at radius 1 is 0.784 bits per heavy atom. The molecule has 2 unspecified atom stereocenters. The Bertz CT molecular complexity index is 1030. The van der Waals surface area contributed by atoms with E-state index >= 15 is 0 Å². The summed E-state index contributed by atoms with van der Waals surface area (Å²) >= 11 is 0. The van der Waals surface area contributed by atoms with E-state index in [4.69, 9.17) is 0 Å². The van der Waals surface area contributed by atoms with Crippen LogP contribution in [0.2, 0.25) is 0 Å². The van der Waals surface area contributed by atoms with Gasteiger partial charge in [0, 0.05) is 0 Å². The van der Waals surface area contributed by atoms with E-state index in [1.54, 1.807) is 0 Å². The highest BCUT2D eigenvalue weighted by Crippen LogP contribution is 2.39. The Kier molecular flexibility index (Phi) is 12.2. The van der Waals surface area contributed by atoms with Crippen molar-refractivity contribution in [2.45, 2.75) is 125 Å². The topological polar surface area (TPSA) is 0 Å². The monoisotopic (exact) mass is 498 g/mol. The molecule has 1 aliphatic rings. The summed E-state index contributed by atoms with van der Waals surface area (Å²) in [6.07, 6.45) is 21.5. The van der Waals surface area contributed by atoms with Crippen LogP contribution in [0.5, 0.6) is 0 Å². The van der Waals surface area contributed by atoms with Crippen LogP contribution >= 0.6 is 0 Å². The fraction of sp³-hybridized carbons (Fsp3) is 0.568. The number of hydrogen-bond acceptors (Lipinski definition) is 0. The van der Waals surface area contributed by atoms with Crippen molar-refractivity contribution in [3.8, 4) is 11.1 Å². The van der Waals surface area contributed by atoms with Gasteiger partial charge in [0.05, 0.1) is 0 Å². The SMILES string of the molecule is CCCCC(CC)CC/C=C\C(=C(/C)CC)c1ccc2c(c1)Cc1cc(CC(CC)CCCC)ccc1-2. The lowest BCUT2D eigenvalue weighted by Crippen LogP contribution is -2.03. The molecule has 0 spiro atoms. The lowest BCUT2D eigenvalue weighted by molar-refractivity contribution is 0.425. The summed E-state index contributed by atoms with van der Waals surface area (Å²) in [7, 11) is 0. The highest BCUT2D eigenvalue weighted by molar-refractivity contribution is 5.82. The van der Waals surface area contributed by atoms with Gasteiger partial charge in [-0.1, -0.05) is 140 Å². The minimum absolute atomic E-state index is 0.823. The minimum Gasteiger partial charge on any atom is -0.0839 e. The molecule has 2 aromatic carbocycles. The molecule has 0 heterocycles. The summed E-state index contributed by atoms with van der Waals surface area (Å²) < 4.78 is 0. The standard InChI is InChI=1S/C37H54/c1-7-12-16-29(10-4)18-14-15-19-35(28(6)9-3)32-21-23-37-34(26-32)27-33-25-31(20-22-36(33)37)24-30(11-5)17-13-8-2/h15,19-23,25-26,29-30H,7-14,16-18,24,27H2,1-6H3/b19-15-,35-28-. The summed E-state index contributed by atoms with van der Waals surface area (Å²) in [5, 5.41) is 0. The Morgan fingerprint density at radius 3 is 2.08 bits per heavy atom. The van der Waals surface area contributed by atoms with Gasteiger partial charge in [0.15, 0.2) is 0 Å². The first-order valence-electron chi connectivity index (χ1n) is 15.7. The van der Waals surface area contributed by atoms with Crippen LogP contribution in [0.15, 0.2) is 54.1 Å². The summed E-state index contributed by atoms with van der Waals surface area (Å²) in [4.78, 5) is 0. The van der Waals surface area contributed by atoms with Crippen molar-refractivity contribution in [3.63, 3.8) is 0 Å². The van der Waals surface area contributed by atoms with Crippen LogP contribution in [0.4, 0.5) is 0 Å². The van der Waals surface area contributed by atoms with E-state index in [-0.39, 0.29) is 0 Å². The second-order valence-corrected chi connectivity index (χ2v) is 11.6. The quantitative estimate of drug-likeness (QED) is 0.172. The van der Waals surface area contributed by atoms with Crippen LogP contribution in [0.3, 0.4) is 0 Å². The van der Waals surface area contributed by atoms with Gasteiger partial charge in [0.25, 0.3) is 0 Å². The van der Waals surface area contributed by atoms with Gasteiger partial charge in [-0.2, -0.15) is 0 Å². The summed E-state index contributed by atoms with van der Waals surface area (Å²) in [6, 6.07) is 14.6. The molecule has 3 rings (SSSR count).